The number of nitrogens with two attached hydrogens (primary N) is 1. The Labute approximate surface area is 147 Å². The lowest BCUT2D eigenvalue weighted by molar-refractivity contribution is 0.0979. The summed E-state index contributed by atoms with van der Waals surface area (Å²) in [5.41, 5.74) is 7.61. The first-order valence-electron chi connectivity index (χ1n) is 8.13. The van der Waals surface area contributed by atoms with Crippen LogP contribution in [0, 0.1) is 0 Å². The fourth-order valence-electron chi connectivity index (χ4n) is 3.67. The van der Waals surface area contributed by atoms with Crippen LogP contribution in [0.5, 0.6) is 0 Å². The van der Waals surface area contributed by atoms with E-state index in [1.54, 1.807) is 30.3 Å². The fourth-order valence-corrected chi connectivity index (χ4v) is 3.67. The van der Waals surface area contributed by atoms with E-state index in [1.807, 2.05) is 24.3 Å². The number of fused-ring (bicyclic) bond motifs is 5. The Kier molecular flexibility index (Phi) is 2.75. The number of ketones is 2. The predicted octanol–water partition coefficient (Wildman–Crippen LogP) is 2.99. The zero-order chi connectivity index (χ0) is 18.0. The molecule has 26 heavy (non-hydrogen) atoms. The van der Waals surface area contributed by atoms with E-state index < -0.39 is 11.2 Å². The van der Waals surface area contributed by atoms with Gasteiger partial charge in [0.05, 0.1) is 11.3 Å². The molecule has 3 aliphatic rings. The van der Waals surface area contributed by atoms with Gasteiger partial charge in [0.2, 0.25) is 5.43 Å². The second-order valence-corrected chi connectivity index (χ2v) is 6.34. The minimum Gasteiger partial charge on any atom is -0.394 e. The van der Waals surface area contributed by atoms with Gasteiger partial charge in [0.1, 0.15) is 5.69 Å². The van der Waals surface area contributed by atoms with Crippen molar-refractivity contribution in [3.8, 4) is 11.3 Å². The van der Waals surface area contributed by atoms with Crippen LogP contribution in [0.4, 0.5) is 5.69 Å². The molecule has 3 N–H and O–H groups in total. The molecular weight excluding hydrogens is 328 g/mol. The van der Waals surface area contributed by atoms with Crippen LogP contribution in [0.25, 0.3) is 22.2 Å². The monoisotopic (exact) mass is 340 g/mol. The molecule has 124 valence electrons. The summed E-state index contributed by atoms with van der Waals surface area (Å²) >= 11 is 0. The van der Waals surface area contributed by atoms with Gasteiger partial charge in [-0.1, -0.05) is 42.5 Å². The zero-order valence-corrected chi connectivity index (χ0v) is 13.5. The van der Waals surface area contributed by atoms with Crippen LogP contribution in [-0.2, 0) is 0 Å². The van der Waals surface area contributed by atoms with E-state index in [2.05, 4.69) is 4.98 Å². The highest BCUT2D eigenvalue weighted by Gasteiger charge is 2.36. The maximum atomic E-state index is 13.1. The van der Waals surface area contributed by atoms with E-state index in [-0.39, 0.29) is 28.2 Å². The van der Waals surface area contributed by atoms with Crippen molar-refractivity contribution < 1.29 is 9.59 Å². The quantitative estimate of drug-likeness (QED) is 0.335. The number of benzene rings is 3. The standard InChI is InChI=1S/C21H12N2O3/c22-17-18-13(9-10-5-1-4-8-14(10)23-18)15-16(21(17)26)20(25)12-7-3-2-6-11(12)19(15)24/h1-9,23H,22H2. The van der Waals surface area contributed by atoms with Gasteiger partial charge in [-0.25, -0.2) is 0 Å². The first kappa shape index (κ1) is 14.6. The Morgan fingerprint density at radius 3 is 2.08 bits per heavy atom. The first-order chi connectivity index (χ1) is 12.6. The normalized spacial score (nSPS) is 13.1. The van der Waals surface area contributed by atoms with E-state index >= 15 is 0 Å². The molecule has 0 saturated heterocycles. The molecular formula is C21H12N2O3. The second kappa shape index (κ2) is 4.89. The first-order valence-corrected chi connectivity index (χ1v) is 8.13. The molecule has 0 fully saturated rings. The summed E-state index contributed by atoms with van der Waals surface area (Å²) < 4.78 is 0. The molecule has 2 aromatic rings. The molecule has 0 saturated carbocycles. The zero-order valence-electron chi connectivity index (χ0n) is 13.5. The van der Waals surface area contributed by atoms with Crippen molar-refractivity contribution in [2.45, 2.75) is 0 Å². The number of carbonyl (C=O) groups excluding carboxylic acids is 2. The Balaban J connectivity index is 2.00. The van der Waals surface area contributed by atoms with Gasteiger partial charge in [-0.2, -0.15) is 0 Å². The average Bonchev–Trinajstić information content (AvgIpc) is 2.67. The summed E-state index contributed by atoms with van der Waals surface area (Å²) in [6, 6.07) is 15.8. The number of hydrogen-bond acceptors (Lipinski definition) is 4. The number of pyridine rings is 1. The van der Waals surface area contributed by atoms with Crippen LogP contribution in [0.1, 0.15) is 31.8 Å². The van der Waals surface area contributed by atoms with Gasteiger partial charge in [0.25, 0.3) is 0 Å². The van der Waals surface area contributed by atoms with Crippen molar-refractivity contribution in [3.63, 3.8) is 0 Å². The Morgan fingerprint density at radius 1 is 0.731 bits per heavy atom. The minimum atomic E-state index is -0.605. The molecule has 0 amide bonds. The lowest BCUT2D eigenvalue weighted by atomic mass is 9.79. The van der Waals surface area contributed by atoms with Crippen LogP contribution in [0.3, 0.4) is 0 Å². The number of nitrogens with one attached hydrogen (secondary N) is 1. The molecule has 2 aliphatic carbocycles. The number of aromatic amines is 1. The molecule has 5 rings (SSSR count). The third-order valence-corrected chi connectivity index (χ3v) is 4.92. The van der Waals surface area contributed by atoms with Crippen LogP contribution in [0.2, 0.25) is 0 Å². The summed E-state index contributed by atoms with van der Waals surface area (Å²) in [4.78, 5) is 42.0. The Bertz CT molecular complexity index is 1300. The number of carbonyl (C=O) groups is 2. The number of hydrogen-bond donors (Lipinski definition) is 2. The van der Waals surface area contributed by atoms with Crippen LogP contribution in [0.15, 0.2) is 59.4 Å². The second-order valence-electron chi connectivity index (χ2n) is 6.34. The summed E-state index contributed by atoms with van der Waals surface area (Å²) in [7, 11) is 0. The molecule has 0 radical (unpaired) electrons. The highest BCUT2D eigenvalue weighted by Crippen LogP contribution is 2.37. The maximum Gasteiger partial charge on any atom is 0.215 e. The molecule has 0 spiro atoms. The van der Waals surface area contributed by atoms with Crippen molar-refractivity contribution in [1.29, 1.82) is 0 Å². The molecule has 5 nitrogen and oxygen atoms in total. The summed E-state index contributed by atoms with van der Waals surface area (Å²) in [5, 5.41) is 0.861. The molecule has 0 bridgehead atoms. The number of H-pyrrole nitrogens is 1. The van der Waals surface area contributed by atoms with E-state index in [1.165, 1.54) is 0 Å². The Morgan fingerprint density at radius 2 is 1.35 bits per heavy atom. The van der Waals surface area contributed by atoms with Crippen molar-refractivity contribution >= 4 is 28.2 Å². The van der Waals surface area contributed by atoms with Crippen molar-refractivity contribution in [2.75, 3.05) is 5.73 Å². The predicted molar refractivity (Wildman–Crippen MR) is 98.9 cm³/mol. The fraction of sp³-hybridized carbons (Fsp3) is 0. The van der Waals surface area contributed by atoms with E-state index in [0.29, 0.717) is 16.8 Å². The van der Waals surface area contributed by atoms with Crippen LogP contribution in [-0.4, -0.2) is 16.6 Å². The molecule has 2 aromatic carbocycles. The van der Waals surface area contributed by atoms with Gasteiger partial charge in [-0.15, -0.1) is 0 Å². The molecule has 1 aliphatic heterocycles. The summed E-state index contributed by atoms with van der Waals surface area (Å²) in [5.74, 6) is -0.789. The summed E-state index contributed by atoms with van der Waals surface area (Å²) in [6.45, 7) is 0. The largest absolute Gasteiger partial charge is 0.394 e. The van der Waals surface area contributed by atoms with Crippen molar-refractivity contribution in [2.24, 2.45) is 0 Å². The molecule has 5 heteroatoms. The summed E-state index contributed by atoms with van der Waals surface area (Å²) in [6.07, 6.45) is 0. The SMILES string of the molecule is Nc1c2[nH]c3ccccc3cc-2c2c(c1=O)C(=O)c1ccccc1C2=O. The van der Waals surface area contributed by atoms with E-state index in [9.17, 15) is 14.4 Å². The van der Waals surface area contributed by atoms with Gasteiger partial charge < -0.3 is 10.7 Å². The molecule has 1 heterocycles. The van der Waals surface area contributed by atoms with Gasteiger partial charge in [-0.3, -0.25) is 14.4 Å². The van der Waals surface area contributed by atoms with Gasteiger partial charge >= 0.3 is 0 Å². The number of para-hydroxylation sites is 1. The third kappa shape index (κ3) is 1.71. The van der Waals surface area contributed by atoms with Crippen molar-refractivity contribution in [3.05, 3.63) is 87.1 Å². The molecule has 0 unspecified atom stereocenters. The van der Waals surface area contributed by atoms with E-state index in [4.69, 9.17) is 5.73 Å². The van der Waals surface area contributed by atoms with Crippen LogP contribution >= 0.6 is 0 Å². The van der Waals surface area contributed by atoms with Gasteiger partial charge in [0, 0.05) is 27.8 Å². The van der Waals surface area contributed by atoms with Crippen molar-refractivity contribution in [1.82, 2.24) is 4.98 Å². The third-order valence-electron chi connectivity index (χ3n) is 4.92. The highest BCUT2D eigenvalue weighted by molar-refractivity contribution is 6.31. The maximum absolute atomic E-state index is 13.1. The number of nitrogen functional groups attached to an aromatic ring is 1. The minimum absolute atomic E-state index is 0.0509. The lowest BCUT2D eigenvalue weighted by Crippen LogP contribution is -2.31. The van der Waals surface area contributed by atoms with E-state index in [0.717, 1.165) is 10.9 Å². The molecule has 0 atom stereocenters. The number of anilines is 1. The van der Waals surface area contributed by atoms with Gasteiger partial charge in [0.15, 0.2) is 11.6 Å². The Hall–Kier alpha value is -3.73. The lowest BCUT2D eigenvalue weighted by Gasteiger charge is -2.22. The topological polar surface area (TPSA) is 93.0 Å². The van der Waals surface area contributed by atoms with Crippen LogP contribution < -0.4 is 11.2 Å². The number of rotatable bonds is 0. The smallest absolute Gasteiger partial charge is 0.215 e. The average molecular weight is 340 g/mol. The van der Waals surface area contributed by atoms with Gasteiger partial charge in [-0.05, 0) is 17.5 Å². The number of aromatic nitrogens is 1. The highest BCUT2D eigenvalue weighted by atomic mass is 16.1. The molecule has 0 aromatic heterocycles.